The SMILES string of the molecule is COCCNc1c(Cl)cccc1[N+](=O)[O-]. The Morgan fingerprint density at radius 1 is 1.60 bits per heavy atom. The van der Waals surface area contributed by atoms with Gasteiger partial charge in [-0.25, -0.2) is 0 Å². The van der Waals surface area contributed by atoms with Crippen LogP contribution in [0.25, 0.3) is 0 Å². The van der Waals surface area contributed by atoms with Crippen molar-refractivity contribution in [1.29, 1.82) is 0 Å². The second-order valence-corrected chi connectivity index (χ2v) is 3.22. The molecule has 0 aliphatic rings. The topological polar surface area (TPSA) is 64.4 Å². The molecule has 1 N–H and O–H groups in total. The lowest BCUT2D eigenvalue weighted by Gasteiger charge is -2.07. The highest BCUT2D eigenvalue weighted by Gasteiger charge is 2.15. The Bertz CT molecular complexity index is 357. The molecule has 0 aromatic heterocycles. The number of benzene rings is 1. The minimum atomic E-state index is -0.471. The number of nitro benzene ring substituents is 1. The Morgan fingerprint density at radius 2 is 2.33 bits per heavy atom. The van der Waals surface area contributed by atoms with Crippen LogP contribution in [0.1, 0.15) is 0 Å². The molecule has 0 saturated carbocycles. The predicted molar refractivity (Wildman–Crippen MR) is 58.5 cm³/mol. The van der Waals surface area contributed by atoms with Crippen LogP contribution in [0.5, 0.6) is 0 Å². The summed E-state index contributed by atoms with van der Waals surface area (Å²) in [5.41, 5.74) is 0.305. The number of hydrogen-bond donors (Lipinski definition) is 1. The first kappa shape index (κ1) is 11.7. The van der Waals surface area contributed by atoms with Crippen molar-refractivity contribution >= 4 is 23.0 Å². The summed E-state index contributed by atoms with van der Waals surface area (Å²) in [6.07, 6.45) is 0. The largest absolute Gasteiger partial charge is 0.383 e. The summed E-state index contributed by atoms with van der Waals surface area (Å²) in [6.45, 7) is 0.934. The fourth-order valence-corrected chi connectivity index (χ4v) is 1.35. The highest BCUT2D eigenvalue weighted by molar-refractivity contribution is 6.33. The molecule has 0 aliphatic carbocycles. The molecular weight excluding hydrogens is 220 g/mol. The van der Waals surface area contributed by atoms with E-state index >= 15 is 0 Å². The van der Waals surface area contributed by atoms with Crippen LogP contribution in [0, 0.1) is 10.1 Å². The third-order valence-electron chi connectivity index (χ3n) is 1.80. The number of nitrogens with one attached hydrogen (secondary N) is 1. The molecular formula is C9H11ClN2O3. The van der Waals surface area contributed by atoms with Crippen molar-refractivity contribution in [3.05, 3.63) is 33.3 Å². The van der Waals surface area contributed by atoms with Gasteiger partial charge in [-0.1, -0.05) is 17.7 Å². The van der Waals surface area contributed by atoms with Crippen molar-refractivity contribution < 1.29 is 9.66 Å². The molecule has 1 rings (SSSR count). The molecule has 0 aliphatic heterocycles. The van der Waals surface area contributed by atoms with Gasteiger partial charge in [0.1, 0.15) is 5.69 Å². The summed E-state index contributed by atoms with van der Waals surface area (Å²) in [4.78, 5) is 10.2. The van der Waals surface area contributed by atoms with Gasteiger partial charge in [-0.3, -0.25) is 10.1 Å². The van der Waals surface area contributed by atoms with Crippen LogP contribution in [0.3, 0.4) is 0 Å². The van der Waals surface area contributed by atoms with Crippen LogP contribution >= 0.6 is 11.6 Å². The molecule has 0 saturated heterocycles. The summed E-state index contributed by atoms with van der Waals surface area (Å²) >= 11 is 5.84. The van der Waals surface area contributed by atoms with Gasteiger partial charge < -0.3 is 10.1 Å². The van der Waals surface area contributed by atoms with Crippen molar-refractivity contribution in [3.8, 4) is 0 Å². The van der Waals surface area contributed by atoms with Crippen LogP contribution in [0.4, 0.5) is 11.4 Å². The zero-order valence-corrected chi connectivity index (χ0v) is 8.95. The van der Waals surface area contributed by atoms with E-state index < -0.39 is 4.92 Å². The molecule has 0 atom stereocenters. The Labute approximate surface area is 92.1 Å². The van der Waals surface area contributed by atoms with Crippen LogP contribution in [0.15, 0.2) is 18.2 Å². The Morgan fingerprint density at radius 3 is 2.93 bits per heavy atom. The predicted octanol–water partition coefficient (Wildman–Crippen LogP) is 2.31. The van der Waals surface area contributed by atoms with E-state index in [2.05, 4.69) is 5.32 Å². The molecule has 0 spiro atoms. The smallest absolute Gasteiger partial charge is 0.293 e. The van der Waals surface area contributed by atoms with Gasteiger partial charge >= 0.3 is 0 Å². The first-order chi connectivity index (χ1) is 7.16. The number of anilines is 1. The summed E-state index contributed by atoms with van der Waals surface area (Å²) in [7, 11) is 1.56. The monoisotopic (exact) mass is 230 g/mol. The second kappa shape index (κ2) is 5.53. The third-order valence-corrected chi connectivity index (χ3v) is 2.11. The lowest BCUT2D eigenvalue weighted by Crippen LogP contribution is -2.09. The van der Waals surface area contributed by atoms with Crippen LogP contribution < -0.4 is 5.32 Å². The van der Waals surface area contributed by atoms with Gasteiger partial charge in [-0.2, -0.15) is 0 Å². The minimum Gasteiger partial charge on any atom is -0.383 e. The molecule has 0 radical (unpaired) electrons. The molecule has 6 heteroatoms. The lowest BCUT2D eigenvalue weighted by molar-refractivity contribution is -0.383. The first-order valence-electron chi connectivity index (χ1n) is 4.32. The Hall–Kier alpha value is -1.33. The summed E-state index contributed by atoms with van der Waals surface area (Å²) in [6, 6.07) is 4.55. The van der Waals surface area contributed by atoms with E-state index in [1.165, 1.54) is 6.07 Å². The fraction of sp³-hybridized carbons (Fsp3) is 0.333. The van der Waals surface area contributed by atoms with Crippen LogP contribution in [0.2, 0.25) is 5.02 Å². The molecule has 0 heterocycles. The van der Waals surface area contributed by atoms with Gasteiger partial charge in [0, 0.05) is 19.7 Å². The maximum absolute atomic E-state index is 10.7. The number of methoxy groups -OCH3 is 1. The van der Waals surface area contributed by atoms with Gasteiger partial charge in [-0.05, 0) is 6.07 Å². The normalized spacial score (nSPS) is 10.0. The maximum atomic E-state index is 10.7. The van der Waals surface area contributed by atoms with E-state index in [-0.39, 0.29) is 5.69 Å². The van der Waals surface area contributed by atoms with Crippen molar-refractivity contribution in [3.63, 3.8) is 0 Å². The molecule has 1 aromatic rings. The van der Waals surface area contributed by atoms with E-state index in [0.29, 0.717) is 23.9 Å². The van der Waals surface area contributed by atoms with E-state index in [9.17, 15) is 10.1 Å². The highest BCUT2D eigenvalue weighted by Crippen LogP contribution is 2.31. The standard InChI is InChI=1S/C9H11ClN2O3/c1-15-6-5-11-9-7(10)3-2-4-8(9)12(13)14/h2-4,11H,5-6H2,1H3. The van der Waals surface area contributed by atoms with Crippen molar-refractivity contribution in [2.45, 2.75) is 0 Å². The Kier molecular flexibility index (Phi) is 4.33. The van der Waals surface area contributed by atoms with Gasteiger partial charge in [0.15, 0.2) is 0 Å². The van der Waals surface area contributed by atoms with Crippen molar-refractivity contribution in [2.24, 2.45) is 0 Å². The van der Waals surface area contributed by atoms with Crippen molar-refractivity contribution in [2.75, 3.05) is 25.6 Å². The van der Waals surface area contributed by atoms with Crippen LogP contribution in [-0.2, 0) is 4.74 Å². The molecule has 0 amide bonds. The van der Waals surface area contributed by atoms with Crippen LogP contribution in [-0.4, -0.2) is 25.2 Å². The molecule has 0 fully saturated rings. The van der Waals surface area contributed by atoms with Gasteiger partial charge in [0.2, 0.25) is 0 Å². The second-order valence-electron chi connectivity index (χ2n) is 2.81. The van der Waals surface area contributed by atoms with Crippen molar-refractivity contribution in [1.82, 2.24) is 0 Å². The van der Waals surface area contributed by atoms with E-state index in [1.807, 2.05) is 0 Å². The number of hydrogen-bond acceptors (Lipinski definition) is 4. The number of halogens is 1. The molecule has 1 aromatic carbocycles. The number of para-hydroxylation sites is 1. The number of rotatable bonds is 5. The number of ether oxygens (including phenoxy) is 1. The first-order valence-corrected chi connectivity index (χ1v) is 4.70. The van der Waals surface area contributed by atoms with E-state index in [1.54, 1.807) is 19.2 Å². The highest BCUT2D eigenvalue weighted by atomic mass is 35.5. The molecule has 0 unspecified atom stereocenters. The number of nitro groups is 1. The summed E-state index contributed by atoms with van der Waals surface area (Å²) < 4.78 is 4.83. The molecule has 5 nitrogen and oxygen atoms in total. The quantitative estimate of drug-likeness (QED) is 0.479. The van der Waals surface area contributed by atoms with Gasteiger partial charge in [0.25, 0.3) is 5.69 Å². The minimum absolute atomic E-state index is 0.0291. The van der Waals surface area contributed by atoms with Gasteiger partial charge in [0.05, 0.1) is 16.6 Å². The zero-order valence-electron chi connectivity index (χ0n) is 8.20. The average Bonchev–Trinajstić information content (AvgIpc) is 2.20. The molecule has 15 heavy (non-hydrogen) atoms. The third kappa shape index (κ3) is 3.07. The maximum Gasteiger partial charge on any atom is 0.293 e. The number of nitrogens with zero attached hydrogens (tertiary/aromatic N) is 1. The Balaban J connectivity index is 2.87. The average molecular weight is 231 g/mol. The fourth-order valence-electron chi connectivity index (χ4n) is 1.12. The summed E-state index contributed by atoms with van der Waals surface area (Å²) in [5.74, 6) is 0. The van der Waals surface area contributed by atoms with E-state index in [4.69, 9.17) is 16.3 Å². The zero-order chi connectivity index (χ0) is 11.3. The lowest BCUT2D eigenvalue weighted by atomic mass is 10.2. The molecule has 0 bridgehead atoms. The summed E-state index contributed by atoms with van der Waals surface area (Å²) in [5, 5.41) is 13.9. The van der Waals surface area contributed by atoms with E-state index in [0.717, 1.165) is 0 Å². The molecule has 82 valence electrons. The van der Waals surface area contributed by atoms with Gasteiger partial charge in [-0.15, -0.1) is 0 Å².